The molecule has 188 valence electrons. The lowest BCUT2D eigenvalue weighted by atomic mass is 10.1. The lowest BCUT2D eigenvalue weighted by molar-refractivity contribution is -0.141. The lowest BCUT2D eigenvalue weighted by Gasteiger charge is -2.31. The molecule has 1 aliphatic rings. The van der Waals surface area contributed by atoms with Crippen molar-refractivity contribution < 1.29 is 14.4 Å². The van der Waals surface area contributed by atoms with E-state index in [0.717, 1.165) is 26.5 Å². The Morgan fingerprint density at radius 3 is 2.44 bits per heavy atom. The maximum absolute atomic E-state index is 13.4. The fraction of sp³-hybridized carbons (Fsp3) is 0.345. The van der Waals surface area contributed by atoms with Gasteiger partial charge in [0.2, 0.25) is 11.8 Å². The van der Waals surface area contributed by atoms with Crippen molar-refractivity contribution in [3.8, 4) is 0 Å². The van der Waals surface area contributed by atoms with Crippen molar-refractivity contribution in [2.75, 3.05) is 11.4 Å². The van der Waals surface area contributed by atoms with Gasteiger partial charge in [0.1, 0.15) is 6.04 Å². The summed E-state index contributed by atoms with van der Waals surface area (Å²) in [7, 11) is 0. The monoisotopic (exact) mass is 549 g/mol. The van der Waals surface area contributed by atoms with Gasteiger partial charge in [-0.25, -0.2) is 0 Å². The first kappa shape index (κ1) is 25.9. The second kappa shape index (κ2) is 10.4. The smallest absolute Gasteiger partial charge is 0.258 e. The molecular weight excluding hydrogens is 518 g/mol. The lowest BCUT2D eigenvalue weighted by Crippen LogP contribution is -2.52. The predicted octanol–water partition coefficient (Wildman–Crippen LogP) is 5.67. The average molecular weight is 550 g/mol. The molecule has 3 amide bonds. The van der Waals surface area contributed by atoms with Crippen LogP contribution in [0.1, 0.15) is 56.5 Å². The third-order valence-electron chi connectivity index (χ3n) is 6.33. The molecule has 1 heterocycles. The largest absolute Gasteiger partial charge is 0.350 e. The van der Waals surface area contributed by atoms with Crippen LogP contribution in [0.2, 0.25) is 0 Å². The molecule has 0 aliphatic carbocycles. The van der Waals surface area contributed by atoms with E-state index in [2.05, 4.69) is 21.2 Å². The van der Waals surface area contributed by atoms with Gasteiger partial charge in [-0.2, -0.15) is 0 Å². The highest BCUT2D eigenvalue weighted by molar-refractivity contribution is 9.10. The molecule has 1 N–H and O–H groups in total. The number of halogens is 1. The van der Waals surface area contributed by atoms with E-state index in [-0.39, 0.29) is 24.1 Å². The molecule has 1 aliphatic heterocycles. The number of carbonyl (C=O) groups excluding carboxylic acids is 3. The first-order valence-electron chi connectivity index (χ1n) is 12.2. The topological polar surface area (TPSA) is 69.7 Å². The molecule has 4 rings (SSSR count). The maximum Gasteiger partial charge on any atom is 0.258 e. The number of benzene rings is 3. The molecule has 0 saturated heterocycles. The number of hydrogen-bond donors (Lipinski definition) is 1. The summed E-state index contributed by atoms with van der Waals surface area (Å²) in [4.78, 5) is 42.8. The Labute approximate surface area is 220 Å². The zero-order valence-electron chi connectivity index (χ0n) is 21.2. The first-order chi connectivity index (χ1) is 17.0. The molecule has 0 bridgehead atoms. The van der Waals surface area contributed by atoms with Crippen LogP contribution in [0.25, 0.3) is 10.8 Å². The molecule has 0 radical (unpaired) electrons. The Bertz CT molecular complexity index is 1310. The van der Waals surface area contributed by atoms with Gasteiger partial charge >= 0.3 is 0 Å². The van der Waals surface area contributed by atoms with Gasteiger partial charge in [0.25, 0.3) is 5.91 Å². The summed E-state index contributed by atoms with van der Waals surface area (Å²) in [5.41, 5.74) is 2.13. The highest BCUT2D eigenvalue weighted by Gasteiger charge is 2.31. The van der Waals surface area contributed by atoms with E-state index in [1.165, 1.54) is 0 Å². The fourth-order valence-corrected chi connectivity index (χ4v) is 5.07. The van der Waals surface area contributed by atoms with E-state index in [1.54, 1.807) is 16.7 Å². The molecule has 6 nitrogen and oxygen atoms in total. The van der Waals surface area contributed by atoms with Crippen LogP contribution < -0.4 is 10.2 Å². The van der Waals surface area contributed by atoms with Crippen LogP contribution in [0.5, 0.6) is 0 Å². The zero-order valence-corrected chi connectivity index (χ0v) is 22.8. The van der Waals surface area contributed by atoms with Crippen LogP contribution in [-0.2, 0) is 16.1 Å². The molecular formula is C29H32BrN3O3. The standard InChI is InChI=1S/C29H32BrN3O3/c1-19(27(35)31-29(2,3)4)33(18-20-9-5-12-22(30)17-20)25(34)15-8-16-32-24-14-7-11-21-10-6-13-23(26(21)24)28(32)36/h5-7,9-14,17,19H,8,15-16,18H2,1-4H3,(H,31,35)/t19-/m1/s1. The van der Waals surface area contributed by atoms with Crippen LogP contribution in [0.15, 0.2) is 65.1 Å². The summed E-state index contributed by atoms with van der Waals surface area (Å²) >= 11 is 3.48. The fourth-order valence-electron chi connectivity index (χ4n) is 4.62. The van der Waals surface area contributed by atoms with Gasteiger partial charge in [-0.1, -0.05) is 52.3 Å². The molecule has 0 spiro atoms. The van der Waals surface area contributed by atoms with Gasteiger partial charge in [-0.15, -0.1) is 0 Å². The Kier molecular flexibility index (Phi) is 7.50. The Hall–Kier alpha value is -3.19. The Morgan fingerprint density at radius 2 is 1.75 bits per heavy atom. The summed E-state index contributed by atoms with van der Waals surface area (Å²) in [6, 6.07) is 18.8. The van der Waals surface area contributed by atoms with Gasteiger partial charge in [0, 0.05) is 40.5 Å². The normalized spacial score (nSPS) is 13.7. The van der Waals surface area contributed by atoms with Crippen molar-refractivity contribution in [2.24, 2.45) is 0 Å². The third-order valence-corrected chi connectivity index (χ3v) is 6.82. The third kappa shape index (κ3) is 5.62. The van der Waals surface area contributed by atoms with E-state index in [9.17, 15) is 14.4 Å². The van der Waals surface area contributed by atoms with Crippen molar-refractivity contribution in [3.63, 3.8) is 0 Å². The first-order valence-corrected chi connectivity index (χ1v) is 13.0. The number of carbonyl (C=O) groups is 3. The molecule has 0 saturated carbocycles. The number of hydrogen-bond acceptors (Lipinski definition) is 3. The summed E-state index contributed by atoms with van der Waals surface area (Å²) in [6.07, 6.45) is 0.731. The minimum absolute atomic E-state index is 0.0295. The summed E-state index contributed by atoms with van der Waals surface area (Å²) in [5.74, 6) is -0.338. The van der Waals surface area contributed by atoms with Crippen LogP contribution in [-0.4, -0.2) is 40.7 Å². The van der Waals surface area contributed by atoms with Gasteiger partial charge in [0.15, 0.2) is 0 Å². The van der Waals surface area contributed by atoms with Gasteiger partial charge < -0.3 is 15.1 Å². The van der Waals surface area contributed by atoms with Crippen LogP contribution in [0, 0.1) is 0 Å². The van der Waals surface area contributed by atoms with Crippen molar-refractivity contribution in [1.29, 1.82) is 0 Å². The molecule has 3 aromatic rings. The SMILES string of the molecule is C[C@H](C(=O)NC(C)(C)C)N(Cc1cccc(Br)c1)C(=O)CCCN1C(=O)c2cccc3cccc1c23. The van der Waals surface area contributed by atoms with Crippen molar-refractivity contribution >= 4 is 50.1 Å². The quantitative estimate of drug-likeness (QED) is 0.393. The van der Waals surface area contributed by atoms with Gasteiger partial charge in [0.05, 0.1) is 5.69 Å². The summed E-state index contributed by atoms with van der Waals surface area (Å²) in [6.45, 7) is 8.28. The Balaban J connectivity index is 1.47. The van der Waals surface area contributed by atoms with Crippen LogP contribution in [0.4, 0.5) is 5.69 Å². The maximum atomic E-state index is 13.4. The summed E-state index contributed by atoms with van der Waals surface area (Å²) < 4.78 is 0.917. The highest BCUT2D eigenvalue weighted by atomic mass is 79.9. The number of amides is 3. The molecule has 36 heavy (non-hydrogen) atoms. The van der Waals surface area contributed by atoms with E-state index >= 15 is 0 Å². The number of anilines is 1. The molecule has 3 aromatic carbocycles. The number of nitrogens with one attached hydrogen (secondary N) is 1. The van der Waals surface area contributed by atoms with E-state index in [1.807, 2.05) is 81.4 Å². The van der Waals surface area contributed by atoms with Crippen molar-refractivity contribution in [1.82, 2.24) is 10.2 Å². The zero-order chi connectivity index (χ0) is 26.0. The second-order valence-electron chi connectivity index (χ2n) is 10.3. The second-order valence-corrected chi connectivity index (χ2v) is 11.2. The van der Waals surface area contributed by atoms with E-state index in [0.29, 0.717) is 25.1 Å². The molecule has 1 atom stereocenters. The number of nitrogens with zero attached hydrogens (tertiary/aromatic N) is 2. The van der Waals surface area contributed by atoms with E-state index in [4.69, 9.17) is 0 Å². The van der Waals surface area contributed by atoms with Crippen LogP contribution >= 0.6 is 15.9 Å². The van der Waals surface area contributed by atoms with E-state index < -0.39 is 11.6 Å². The molecule has 0 unspecified atom stereocenters. The van der Waals surface area contributed by atoms with Gasteiger partial charge in [-0.05, 0) is 69.3 Å². The van der Waals surface area contributed by atoms with Crippen LogP contribution in [0.3, 0.4) is 0 Å². The average Bonchev–Trinajstić information content (AvgIpc) is 3.09. The Morgan fingerprint density at radius 1 is 1.06 bits per heavy atom. The minimum atomic E-state index is -0.637. The van der Waals surface area contributed by atoms with Crippen molar-refractivity contribution in [3.05, 3.63) is 76.3 Å². The predicted molar refractivity (Wildman–Crippen MR) is 147 cm³/mol. The van der Waals surface area contributed by atoms with Gasteiger partial charge in [-0.3, -0.25) is 14.4 Å². The molecule has 7 heteroatoms. The number of rotatable bonds is 8. The molecule has 0 aromatic heterocycles. The summed E-state index contributed by atoms with van der Waals surface area (Å²) in [5, 5.41) is 4.99. The van der Waals surface area contributed by atoms with Crippen molar-refractivity contribution in [2.45, 2.75) is 58.7 Å². The molecule has 0 fully saturated rings. The highest BCUT2D eigenvalue weighted by Crippen LogP contribution is 2.37. The minimum Gasteiger partial charge on any atom is -0.350 e.